The molecule has 0 radical (unpaired) electrons. The van der Waals surface area contributed by atoms with Gasteiger partial charge in [-0.1, -0.05) is 6.92 Å². The number of ether oxygens (including phenoxy) is 2. The molecule has 0 aromatic heterocycles. The van der Waals surface area contributed by atoms with Crippen molar-refractivity contribution in [3.05, 3.63) is 0 Å². The zero-order valence-electron chi connectivity index (χ0n) is 10.5. The summed E-state index contributed by atoms with van der Waals surface area (Å²) in [5.41, 5.74) is -0.708. The molecule has 16 heavy (non-hydrogen) atoms. The molecule has 0 saturated heterocycles. The Kier molecular flexibility index (Phi) is 5.22. The fourth-order valence-electron chi connectivity index (χ4n) is 1.68. The van der Waals surface area contributed by atoms with E-state index < -0.39 is 5.54 Å². The lowest BCUT2D eigenvalue weighted by atomic mass is 9.95. The first-order valence-electron chi connectivity index (χ1n) is 6.16. The van der Waals surface area contributed by atoms with Gasteiger partial charge < -0.3 is 14.8 Å². The van der Waals surface area contributed by atoms with E-state index in [1.54, 1.807) is 0 Å². The zero-order valence-corrected chi connectivity index (χ0v) is 10.5. The van der Waals surface area contributed by atoms with Gasteiger partial charge in [-0.3, -0.25) is 0 Å². The average molecular weight is 229 g/mol. The van der Waals surface area contributed by atoms with Gasteiger partial charge >= 0.3 is 5.97 Å². The summed E-state index contributed by atoms with van der Waals surface area (Å²) in [6.07, 6.45) is 3.81. The summed E-state index contributed by atoms with van der Waals surface area (Å²) in [6.45, 7) is 7.15. The highest BCUT2D eigenvalue weighted by molar-refractivity contribution is 5.80. The van der Waals surface area contributed by atoms with Gasteiger partial charge in [-0.2, -0.15) is 0 Å². The molecule has 0 heterocycles. The third-order valence-electron chi connectivity index (χ3n) is 2.95. The first kappa shape index (κ1) is 13.5. The van der Waals surface area contributed by atoms with E-state index in [2.05, 4.69) is 5.32 Å². The molecule has 1 fully saturated rings. The van der Waals surface area contributed by atoms with Crippen LogP contribution in [0.15, 0.2) is 0 Å². The fourth-order valence-corrected chi connectivity index (χ4v) is 1.68. The molecule has 0 spiro atoms. The van der Waals surface area contributed by atoms with Crippen molar-refractivity contribution in [2.75, 3.05) is 19.8 Å². The van der Waals surface area contributed by atoms with Crippen LogP contribution in [0, 0.1) is 0 Å². The lowest BCUT2D eigenvalue weighted by Gasteiger charge is -2.32. The van der Waals surface area contributed by atoms with Gasteiger partial charge in [-0.05, 0) is 39.7 Å². The van der Waals surface area contributed by atoms with Gasteiger partial charge in [0, 0.05) is 0 Å². The first-order valence-corrected chi connectivity index (χ1v) is 6.16. The number of carbonyl (C=O) groups is 1. The Bertz CT molecular complexity index is 228. The van der Waals surface area contributed by atoms with Crippen LogP contribution in [0.2, 0.25) is 0 Å². The van der Waals surface area contributed by atoms with Crippen LogP contribution in [0.5, 0.6) is 0 Å². The number of hydrogen-bond donors (Lipinski definition) is 1. The smallest absolute Gasteiger partial charge is 0.328 e. The molecular weight excluding hydrogens is 206 g/mol. The maximum Gasteiger partial charge on any atom is 0.328 e. The van der Waals surface area contributed by atoms with Gasteiger partial charge in [0.05, 0.1) is 19.3 Å². The average Bonchev–Trinajstić information content (AvgIpc) is 2.16. The fraction of sp³-hybridized carbons (Fsp3) is 0.917. The van der Waals surface area contributed by atoms with E-state index in [9.17, 15) is 4.79 Å². The number of nitrogens with one attached hydrogen (secondary N) is 1. The van der Waals surface area contributed by atoms with Crippen LogP contribution < -0.4 is 5.32 Å². The first-order chi connectivity index (χ1) is 7.62. The van der Waals surface area contributed by atoms with Crippen LogP contribution in [-0.2, 0) is 14.3 Å². The molecule has 1 rings (SSSR count). The normalized spacial score (nSPS) is 19.9. The van der Waals surface area contributed by atoms with Crippen molar-refractivity contribution in [2.45, 2.75) is 51.7 Å². The minimum absolute atomic E-state index is 0.226. The predicted octanol–water partition coefficient (Wildman–Crippen LogP) is 1.49. The topological polar surface area (TPSA) is 47.6 Å². The lowest BCUT2D eigenvalue weighted by Crippen LogP contribution is -2.54. The number of hydrogen-bond acceptors (Lipinski definition) is 4. The van der Waals surface area contributed by atoms with E-state index in [0.29, 0.717) is 19.3 Å². The Labute approximate surface area is 97.7 Å². The number of esters is 1. The van der Waals surface area contributed by atoms with Crippen molar-refractivity contribution >= 4 is 5.97 Å². The molecule has 0 bridgehead atoms. The molecule has 1 N–H and O–H groups in total. The van der Waals surface area contributed by atoms with Crippen molar-refractivity contribution in [2.24, 2.45) is 0 Å². The van der Waals surface area contributed by atoms with Crippen molar-refractivity contribution in [1.29, 1.82) is 0 Å². The van der Waals surface area contributed by atoms with Gasteiger partial charge in [0.2, 0.25) is 0 Å². The molecule has 94 valence electrons. The van der Waals surface area contributed by atoms with Gasteiger partial charge in [-0.15, -0.1) is 0 Å². The van der Waals surface area contributed by atoms with Crippen molar-refractivity contribution in [3.63, 3.8) is 0 Å². The van der Waals surface area contributed by atoms with E-state index in [1.807, 2.05) is 20.8 Å². The summed E-state index contributed by atoms with van der Waals surface area (Å²) in [7, 11) is 0. The standard InChI is InChI=1S/C12H23NO3/c1-4-13-12(3,11(14)15-5-2)9-16-10-7-6-8-10/h10,13H,4-9H2,1-3H3. The Balaban J connectivity index is 2.44. The van der Waals surface area contributed by atoms with Gasteiger partial charge in [0.25, 0.3) is 0 Å². The summed E-state index contributed by atoms with van der Waals surface area (Å²) in [5, 5.41) is 3.15. The highest BCUT2D eigenvalue weighted by Gasteiger charge is 2.35. The van der Waals surface area contributed by atoms with Crippen LogP contribution in [0.25, 0.3) is 0 Å². The second-order valence-corrected chi connectivity index (χ2v) is 4.45. The molecule has 0 aromatic rings. The Morgan fingerprint density at radius 2 is 2.12 bits per heavy atom. The molecule has 1 aliphatic carbocycles. The summed E-state index contributed by atoms with van der Waals surface area (Å²) in [5.74, 6) is -0.226. The molecule has 1 aliphatic rings. The molecule has 1 unspecified atom stereocenters. The number of carbonyl (C=O) groups excluding carboxylic acids is 1. The summed E-state index contributed by atoms with van der Waals surface area (Å²) < 4.78 is 10.8. The van der Waals surface area contributed by atoms with Gasteiger partial charge in [0.1, 0.15) is 5.54 Å². The van der Waals surface area contributed by atoms with E-state index in [0.717, 1.165) is 19.4 Å². The molecule has 0 amide bonds. The molecule has 1 atom stereocenters. The van der Waals surface area contributed by atoms with E-state index in [-0.39, 0.29) is 5.97 Å². The van der Waals surface area contributed by atoms with E-state index in [4.69, 9.17) is 9.47 Å². The summed E-state index contributed by atoms with van der Waals surface area (Å²) >= 11 is 0. The third kappa shape index (κ3) is 3.46. The summed E-state index contributed by atoms with van der Waals surface area (Å²) in [4.78, 5) is 11.8. The Hall–Kier alpha value is -0.610. The van der Waals surface area contributed by atoms with Gasteiger partial charge in [-0.25, -0.2) is 4.79 Å². The van der Waals surface area contributed by atoms with E-state index >= 15 is 0 Å². The SMILES string of the molecule is CCNC(C)(COC1CCC1)C(=O)OCC. The molecule has 0 aliphatic heterocycles. The zero-order chi connectivity index (χ0) is 12.0. The van der Waals surface area contributed by atoms with Crippen LogP contribution in [0.4, 0.5) is 0 Å². The van der Waals surface area contributed by atoms with Crippen molar-refractivity contribution in [3.8, 4) is 0 Å². The quantitative estimate of drug-likeness (QED) is 0.672. The number of likely N-dealkylation sites (N-methyl/N-ethyl adjacent to an activating group) is 1. The second kappa shape index (κ2) is 6.21. The van der Waals surface area contributed by atoms with Crippen LogP contribution >= 0.6 is 0 Å². The Morgan fingerprint density at radius 3 is 2.56 bits per heavy atom. The molecule has 4 heteroatoms. The second-order valence-electron chi connectivity index (χ2n) is 4.45. The number of rotatable bonds is 7. The molecule has 0 aromatic carbocycles. The monoisotopic (exact) mass is 229 g/mol. The Morgan fingerprint density at radius 1 is 1.44 bits per heavy atom. The van der Waals surface area contributed by atoms with E-state index in [1.165, 1.54) is 6.42 Å². The minimum atomic E-state index is -0.708. The van der Waals surface area contributed by atoms with Crippen molar-refractivity contribution in [1.82, 2.24) is 5.32 Å². The van der Waals surface area contributed by atoms with Crippen molar-refractivity contribution < 1.29 is 14.3 Å². The van der Waals surface area contributed by atoms with Crippen LogP contribution in [0.1, 0.15) is 40.0 Å². The maximum absolute atomic E-state index is 11.8. The minimum Gasteiger partial charge on any atom is -0.465 e. The highest BCUT2D eigenvalue weighted by atomic mass is 16.5. The van der Waals surface area contributed by atoms with Gasteiger partial charge in [0.15, 0.2) is 0 Å². The summed E-state index contributed by atoms with van der Waals surface area (Å²) in [6, 6.07) is 0. The van der Waals surface area contributed by atoms with Crippen LogP contribution in [0.3, 0.4) is 0 Å². The highest BCUT2D eigenvalue weighted by Crippen LogP contribution is 2.23. The molecular formula is C12H23NO3. The lowest BCUT2D eigenvalue weighted by molar-refractivity contribution is -0.155. The largest absolute Gasteiger partial charge is 0.465 e. The third-order valence-corrected chi connectivity index (χ3v) is 2.95. The maximum atomic E-state index is 11.8. The molecule has 4 nitrogen and oxygen atoms in total. The predicted molar refractivity (Wildman–Crippen MR) is 62.3 cm³/mol. The molecule has 1 saturated carbocycles. The van der Waals surface area contributed by atoms with Crippen LogP contribution in [-0.4, -0.2) is 37.4 Å².